The predicted octanol–water partition coefficient (Wildman–Crippen LogP) is -0.596. The second-order valence-electron chi connectivity index (χ2n) is 9.83. The molecule has 3 N–H and O–H groups in total. The van der Waals surface area contributed by atoms with Crippen molar-refractivity contribution >= 4 is 65.1 Å². The highest BCUT2D eigenvalue weighted by atomic mass is 32.2. The van der Waals surface area contributed by atoms with Crippen LogP contribution in [0.25, 0.3) is 0 Å². The van der Waals surface area contributed by atoms with Crippen molar-refractivity contribution in [3.05, 3.63) is 29.8 Å². The van der Waals surface area contributed by atoms with Gasteiger partial charge in [0.25, 0.3) is 0 Å². The van der Waals surface area contributed by atoms with Gasteiger partial charge in [-0.25, -0.2) is 0 Å². The first-order chi connectivity index (χ1) is 20.6. The van der Waals surface area contributed by atoms with Crippen LogP contribution in [0.5, 0.6) is 0 Å². The molecule has 2 unspecified atom stereocenters. The van der Waals surface area contributed by atoms with E-state index in [9.17, 15) is 38.4 Å². The van der Waals surface area contributed by atoms with Crippen LogP contribution >= 0.6 is 11.8 Å². The topological polar surface area (TPSA) is 188 Å². The molecule has 15 heteroatoms. The molecule has 2 aliphatic rings. The number of benzene rings is 1. The highest BCUT2D eigenvalue weighted by Crippen LogP contribution is 2.25. The fourth-order valence-electron chi connectivity index (χ4n) is 4.25. The molecule has 0 saturated carbocycles. The summed E-state index contributed by atoms with van der Waals surface area (Å²) in [6, 6.07) is 5.87. The van der Waals surface area contributed by atoms with Crippen LogP contribution in [-0.4, -0.2) is 107 Å². The number of aryl methyl sites for hydroxylation is 1. The molecule has 7 amide bonds. The average Bonchev–Trinajstić information content (AvgIpc) is 3.25. The summed E-state index contributed by atoms with van der Waals surface area (Å²) in [5, 5.41) is 7.05. The lowest BCUT2D eigenvalue weighted by Gasteiger charge is -2.28. The first-order valence-corrected chi connectivity index (χ1v) is 14.9. The molecule has 1 aromatic carbocycles. The van der Waals surface area contributed by atoms with Crippen LogP contribution in [0.4, 0.5) is 5.69 Å². The molecule has 2 heterocycles. The third kappa shape index (κ3) is 10.3. The number of likely N-dealkylation sites (tertiary alicyclic amines) is 2. The second-order valence-corrected chi connectivity index (χ2v) is 11.1. The van der Waals surface area contributed by atoms with E-state index in [1.54, 1.807) is 31.2 Å². The molecular weight excluding hydrogens is 582 g/mol. The number of nitrogens with zero attached hydrogens (tertiary/aromatic N) is 2. The number of hydrogen-bond acceptors (Lipinski definition) is 10. The Bertz CT molecular complexity index is 1240. The van der Waals surface area contributed by atoms with Gasteiger partial charge in [0.2, 0.25) is 41.4 Å². The van der Waals surface area contributed by atoms with Gasteiger partial charge in [0.05, 0.1) is 5.25 Å². The molecule has 2 aliphatic heterocycles. The Labute approximate surface area is 252 Å². The number of carbonyl (C=O) groups excluding carboxylic acids is 8. The number of aldehydes is 1. The average molecular weight is 618 g/mol. The molecule has 1 aromatic rings. The SMILES string of the molecule is CCN1C(=O)CC(SCCC(=O)NC(C=O)CNC(=O)COCC(=O)Nc2ccc(CCC(=O)N3CCC3=O)cc2)C1=O. The Morgan fingerprint density at radius 3 is 2.35 bits per heavy atom. The van der Waals surface area contributed by atoms with Crippen molar-refractivity contribution in [2.45, 2.75) is 50.3 Å². The normalized spacial score (nSPS) is 16.9. The summed E-state index contributed by atoms with van der Waals surface area (Å²) < 4.78 is 5.12. The van der Waals surface area contributed by atoms with Crippen molar-refractivity contribution in [2.24, 2.45) is 0 Å². The summed E-state index contributed by atoms with van der Waals surface area (Å²) in [6.07, 6.45) is 1.70. The lowest BCUT2D eigenvalue weighted by molar-refractivity contribution is -0.152. The number of β-lactam (4-membered cyclic amide) rings is 1. The Balaban J connectivity index is 1.25. The zero-order valence-electron chi connectivity index (χ0n) is 23.8. The minimum atomic E-state index is -0.977. The molecular formula is C28H35N5O9S. The largest absolute Gasteiger partial charge is 0.362 e. The van der Waals surface area contributed by atoms with Gasteiger partial charge in [-0.2, -0.15) is 0 Å². The number of nitrogens with one attached hydrogen (secondary N) is 3. The van der Waals surface area contributed by atoms with Crippen LogP contribution in [0.1, 0.15) is 38.2 Å². The van der Waals surface area contributed by atoms with Gasteiger partial charge in [-0.3, -0.25) is 43.4 Å². The molecule has 3 rings (SSSR count). The molecule has 0 spiro atoms. The van der Waals surface area contributed by atoms with Crippen LogP contribution in [0.3, 0.4) is 0 Å². The van der Waals surface area contributed by atoms with E-state index < -0.39 is 42.2 Å². The fourth-order valence-corrected chi connectivity index (χ4v) is 5.37. The number of carbonyl (C=O) groups is 8. The van der Waals surface area contributed by atoms with E-state index in [2.05, 4.69) is 16.0 Å². The highest BCUT2D eigenvalue weighted by molar-refractivity contribution is 8.00. The summed E-state index contributed by atoms with van der Waals surface area (Å²) in [5.74, 6) is -2.08. The van der Waals surface area contributed by atoms with Gasteiger partial charge in [-0.05, 0) is 31.0 Å². The van der Waals surface area contributed by atoms with E-state index in [0.717, 1.165) is 5.56 Å². The quantitative estimate of drug-likeness (QED) is 0.116. The molecule has 0 bridgehead atoms. The molecule has 0 aromatic heterocycles. The maximum atomic E-state index is 12.2. The summed E-state index contributed by atoms with van der Waals surface area (Å²) in [6.45, 7) is 1.48. The van der Waals surface area contributed by atoms with Crippen molar-refractivity contribution in [3.63, 3.8) is 0 Å². The molecule has 43 heavy (non-hydrogen) atoms. The van der Waals surface area contributed by atoms with Crippen molar-refractivity contribution in [2.75, 3.05) is 43.9 Å². The Morgan fingerprint density at radius 1 is 1.02 bits per heavy atom. The van der Waals surface area contributed by atoms with Gasteiger partial charge in [0.15, 0.2) is 0 Å². The van der Waals surface area contributed by atoms with Gasteiger partial charge in [0.1, 0.15) is 25.5 Å². The smallest absolute Gasteiger partial charge is 0.250 e. The lowest BCUT2D eigenvalue weighted by atomic mass is 10.1. The first-order valence-electron chi connectivity index (χ1n) is 13.9. The number of hydrogen-bond donors (Lipinski definition) is 3. The Morgan fingerprint density at radius 2 is 1.74 bits per heavy atom. The third-order valence-corrected chi connectivity index (χ3v) is 7.89. The monoisotopic (exact) mass is 617 g/mol. The zero-order chi connectivity index (χ0) is 31.4. The molecule has 2 fully saturated rings. The van der Waals surface area contributed by atoms with Crippen LogP contribution in [-0.2, 0) is 49.5 Å². The van der Waals surface area contributed by atoms with Crippen molar-refractivity contribution < 1.29 is 43.1 Å². The Hall–Kier alpha value is -4.11. The number of rotatable bonds is 17. The van der Waals surface area contributed by atoms with E-state index in [-0.39, 0.29) is 55.2 Å². The van der Waals surface area contributed by atoms with Crippen LogP contribution in [0.2, 0.25) is 0 Å². The number of anilines is 1. The molecule has 232 valence electrons. The van der Waals surface area contributed by atoms with E-state index in [0.29, 0.717) is 37.9 Å². The van der Waals surface area contributed by atoms with Gasteiger partial charge >= 0.3 is 0 Å². The summed E-state index contributed by atoms with van der Waals surface area (Å²) >= 11 is 1.21. The minimum Gasteiger partial charge on any atom is -0.362 e. The molecule has 0 aliphatic carbocycles. The highest BCUT2D eigenvalue weighted by Gasteiger charge is 2.37. The van der Waals surface area contributed by atoms with Crippen LogP contribution in [0, 0.1) is 0 Å². The maximum absolute atomic E-state index is 12.2. The van der Waals surface area contributed by atoms with Gasteiger partial charge in [-0.15, -0.1) is 11.8 Å². The summed E-state index contributed by atoms with van der Waals surface area (Å²) in [4.78, 5) is 97.3. The first kappa shape index (κ1) is 33.4. The molecule has 0 radical (unpaired) electrons. The van der Waals surface area contributed by atoms with Crippen molar-refractivity contribution in [1.29, 1.82) is 0 Å². The zero-order valence-corrected chi connectivity index (χ0v) is 24.6. The number of imide groups is 2. The fraction of sp³-hybridized carbons (Fsp3) is 0.500. The maximum Gasteiger partial charge on any atom is 0.250 e. The Kier molecular flexibility index (Phi) is 12.8. The van der Waals surface area contributed by atoms with Crippen molar-refractivity contribution in [3.8, 4) is 0 Å². The van der Waals surface area contributed by atoms with Crippen LogP contribution < -0.4 is 16.0 Å². The van der Waals surface area contributed by atoms with E-state index >= 15 is 0 Å². The molecule has 14 nitrogen and oxygen atoms in total. The van der Waals surface area contributed by atoms with Crippen LogP contribution in [0.15, 0.2) is 24.3 Å². The molecule has 2 atom stereocenters. The molecule has 2 saturated heterocycles. The van der Waals surface area contributed by atoms with Gasteiger partial charge < -0.3 is 25.5 Å². The lowest BCUT2D eigenvalue weighted by Crippen LogP contribution is -2.47. The number of amides is 7. The standard InChI is InChI=1S/C28H35N5O9S/c1-2-32-27(40)13-21(28(32)41)43-12-10-22(35)31-20(15-34)14-29-23(36)16-42-17-24(37)30-19-6-3-18(4-7-19)5-8-25(38)33-11-9-26(33)39/h3-4,6-7,15,20-21H,2,5,8-14,16-17H2,1H3,(H,29,36)(H,30,37)(H,31,35). The third-order valence-electron chi connectivity index (χ3n) is 6.68. The summed E-state index contributed by atoms with van der Waals surface area (Å²) in [5.41, 5.74) is 1.37. The van der Waals surface area contributed by atoms with E-state index in [1.807, 2.05) is 0 Å². The van der Waals surface area contributed by atoms with E-state index in [4.69, 9.17) is 4.74 Å². The van der Waals surface area contributed by atoms with Gasteiger partial charge in [-0.1, -0.05) is 12.1 Å². The minimum absolute atomic E-state index is 0.0224. The second kappa shape index (κ2) is 16.5. The summed E-state index contributed by atoms with van der Waals surface area (Å²) in [7, 11) is 0. The number of ether oxygens (including phenoxy) is 1. The number of thioether (sulfide) groups is 1. The van der Waals surface area contributed by atoms with Gasteiger partial charge in [0, 0.05) is 56.8 Å². The van der Waals surface area contributed by atoms with Crippen molar-refractivity contribution in [1.82, 2.24) is 20.4 Å². The predicted molar refractivity (Wildman–Crippen MR) is 154 cm³/mol. The van der Waals surface area contributed by atoms with E-state index in [1.165, 1.54) is 21.6 Å².